The molecule has 0 atom stereocenters. The van der Waals surface area contributed by atoms with Crippen molar-refractivity contribution >= 4 is 27.7 Å². The second-order valence-corrected chi connectivity index (χ2v) is 6.07. The van der Waals surface area contributed by atoms with Crippen LogP contribution in [0.5, 0.6) is 0 Å². The van der Waals surface area contributed by atoms with Gasteiger partial charge in [0.25, 0.3) is 0 Å². The highest BCUT2D eigenvalue weighted by Crippen LogP contribution is 2.21. The molecule has 0 saturated carbocycles. The lowest BCUT2D eigenvalue weighted by molar-refractivity contribution is -0.144. The Hall–Kier alpha value is -1.14. The van der Waals surface area contributed by atoms with E-state index in [0.29, 0.717) is 13.2 Å². The van der Waals surface area contributed by atoms with Gasteiger partial charge >= 0.3 is 5.97 Å². The summed E-state index contributed by atoms with van der Waals surface area (Å²) in [7, 11) is 0. The molecule has 6 heteroatoms. The van der Waals surface area contributed by atoms with Gasteiger partial charge in [-0.2, -0.15) is 0 Å². The first kappa shape index (κ1) is 16.2. The molecule has 1 aliphatic heterocycles. The minimum Gasteiger partial charge on any atom is -0.465 e. The van der Waals surface area contributed by atoms with Crippen LogP contribution in [0, 0.1) is 6.92 Å². The van der Waals surface area contributed by atoms with Crippen molar-refractivity contribution in [2.24, 2.45) is 0 Å². The van der Waals surface area contributed by atoms with Crippen LogP contribution in [0.2, 0.25) is 0 Å². The summed E-state index contributed by atoms with van der Waals surface area (Å²) >= 11 is 3.48. The number of carbonyl (C=O) groups excluding carboxylic acids is 1. The Bertz CT molecular complexity index is 496. The fraction of sp³-hybridized carbons (Fsp3) is 0.600. The zero-order valence-corrected chi connectivity index (χ0v) is 14.2. The van der Waals surface area contributed by atoms with Gasteiger partial charge in [-0.25, -0.2) is 4.98 Å². The number of anilines is 1. The summed E-state index contributed by atoms with van der Waals surface area (Å²) in [4.78, 5) is 20.5. The third-order valence-corrected chi connectivity index (χ3v) is 4.43. The molecule has 1 fully saturated rings. The quantitative estimate of drug-likeness (QED) is 0.775. The molecule has 0 radical (unpaired) electrons. The predicted molar refractivity (Wildman–Crippen MR) is 86.6 cm³/mol. The highest BCUT2D eigenvalue weighted by molar-refractivity contribution is 9.10. The van der Waals surface area contributed by atoms with Crippen LogP contribution in [0.25, 0.3) is 0 Å². The van der Waals surface area contributed by atoms with Crippen LogP contribution >= 0.6 is 15.9 Å². The van der Waals surface area contributed by atoms with Gasteiger partial charge in [0.2, 0.25) is 0 Å². The second-order valence-electron chi connectivity index (χ2n) is 5.21. The van der Waals surface area contributed by atoms with Crippen LogP contribution < -0.4 is 4.90 Å². The summed E-state index contributed by atoms with van der Waals surface area (Å²) in [5, 5.41) is 0. The lowest BCUT2D eigenvalue weighted by atomic mass is 10.3. The summed E-state index contributed by atoms with van der Waals surface area (Å²) in [6.45, 7) is 8.36. The zero-order valence-electron chi connectivity index (χ0n) is 12.6. The minimum absolute atomic E-state index is 0.136. The van der Waals surface area contributed by atoms with Crippen molar-refractivity contribution in [3.05, 3.63) is 22.3 Å². The lowest BCUT2D eigenvalue weighted by Gasteiger charge is -2.22. The predicted octanol–water partition coefficient (Wildman–Crippen LogP) is 2.23. The van der Waals surface area contributed by atoms with E-state index in [1.807, 2.05) is 13.1 Å². The maximum atomic E-state index is 11.6. The number of rotatable bonds is 4. The molecule has 1 saturated heterocycles. The fourth-order valence-corrected chi connectivity index (χ4v) is 2.66. The molecule has 0 aliphatic carbocycles. The smallest absolute Gasteiger partial charge is 0.320 e. The fourth-order valence-electron chi connectivity index (χ4n) is 2.44. The Morgan fingerprint density at radius 2 is 2.19 bits per heavy atom. The first-order valence-corrected chi connectivity index (χ1v) is 8.14. The van der Waals surface area contributed by atoms with E-state index in [1.165, 1.54) is 5.56 Å². The normalized spacial score (nSPS) is 16.6. The number of hydrogen-bond acceptors (Lipinski definition) is 5. The summed E-state index contributed by atoms with van der Waals surface area (Å²) in [6.07, 6.45) is 2.88. The molecule has 1 aromatic rings. The summed E-state index contributed by atoms with van der Waals surface area (Å²) < 4.78 is 6.05. The summed E-state index contributed by atoms with van der Waals surface area (Å²) in [5.41, 5.74) is 1.19. The molecular formula is C15H22BrN3O2. The molecule has 2 rings (SSSR count). The monoisotopic (exact) mass is 355 g/mol. The maximum absolute atomic E-state index is 11.6. The van der Waals surface area contributed by atoms with E-state index in [0.717, 1.165) is 42.9 Å². The minimum atomic E-state index is -0.136. The van der Waals surface area contributed by atoms with Crippen molar-refractivity contribution in [2.45, 2.75) is 20.3 Å². The molecule has 1 aliphatic rings. The van der Waals surface area contributed by atoms with Crippen molar-refractivity contribution in [1.82, 2.24) is 9.88 Å². The topological polar surface area (TPSA) is 45.7 Å². The number of halogens is 1. The van der Waals surface area contributed by atoms with Crippen LogP contribution in [-0.4, -0.2) is 55.2 Å². The van der Waals surface area contributed by atoms with Crippen molar-refractivity contribution in [3.63, 3.8) is 0 Å². The van der Waals surface area contributed by atoms with Crippen molar-refractivity contribution < 1.29 is 9.53 Å². The molecule has 116 valence electrons. The second kappa shape index (κ2) is 7.75. The first-order valence-electron chi connectivity index (χ1n) is 7.35. The van der Waals surface area contributed by atoms with Gasteiger partial charge < -0.3 is 9.64 Å². The zero-order chi connectivity index (χ0) is 15.2. The SMILES string of the molecule is CCOC(=O)CN1CCCN(c2cc(C)c(Br)cn2)CC1. The molecule has 1 aromatic heterocycles. The maximum Gasteiger partial charge on any atom is 0.320 e. The number of carbonyl (C=O) groups is 1. The highest BCUT2D eigenvalue weighted by atomic mass is 79.9. The van der Waals surface area contributed by atoms with Gasteiger partial charge in [0, 0.05) is 36.8 Å². The van der Waals surface area contributed by atoms with Crippen molar-refractivity contribution in [3.8, 4) is 0 Å². The van der Waals surface area contributed by atoms with Crippen molar-refractivity contribution in [1.29, 1.82) is 0 Å². The van der Waals surface area contributed by atoms with E-state index in [9.17, 15) is 4.79 Å². The van der Waals surface area contributed by atoms with E-state index in [2.05, 4.69) is 43.7 Å². The third kappa shape index (κ3) is 4.68. The number of ether oxygens (including phenoxy) is 1. The number of hydrogen-bond donors (Lipinski definition) is 0. The van der Waals surface area contributed by atoms with Crippen LogP contribution in [0.3, 0.4) is 0 Å². The molecule has 0 bridgehead atoms. The molecular weight excluding hydrogens is 334 g/mol. The van der Waals surface area contributed by atoms with E-state index in [1.54, 1.807) is 0 Å². The Labute approximate surface area is 134 Å². The first-order chi connectivity index (χ1) is 10.1. The van der Waals surface area contributed by atoms with E-state index in [4.69, 9.17) is 4.74 Å². The Morgan fingerprint density at radius 3 is 2.90 bits per heavy atom. The van der Waals surface area contributed by atoms with Gasteiger partial charge in [-0.15, -0.1) is 0 Å². The number of esters is 1. The standard InChI is InChI=1S/C15H22BrN3O2/c1-3-21-15(20)11-18-5-4-6-19(8-7-18)14-9-12(2)13(16)10-17-14/h9-10H,3-8,11H2,1-2H3. The third-order valence-electron chi connectivity index (χ3n) is 3.60. The Balaban J connectivity index is 1.94. The van der Waals surface area contributed by atoms with Gasteiger partial charge in [-0.3, -0.25) is 9.69 Å². The van der Waals surface area contributed by atoms with Crippen LogP contribution in [-0.2, 0) is 9.53 Å². The number of pyridine rings is 1. The van der Waals surface area contributed by atoms with Gasteiger partial charge in [0.1, 0.15) is 5.82 Å². The molecule has 0 spiro atoms. The molecule has 0 N–H and O–H groups in total. The van der Waals surface area contributed by atoms with E-state index in [-0.39, 0.29) is 5.97 Å². The number of aromatic nitrogens is 1. The lowest BCUT2D eigenvalue weighted by Crippen LogP contribution is -2.35. The molecule has 0 unspecified atom stereocenters. The molecule has 5 nitrogen and oxygen atoms in total. The van der Waals surface area contributed by atoms with Gasteiger partial charge in [0.05, 0.1) is 13.2 Å². The molecule has 2 heterocycles. The molecule has 21 heavy (non-hydrogen) atoms. The Kier molecular flexibility index (Phi) is 5.99. The average Bonchev–Trinajstić information content (AvgIpc) is 2.68. The average molecular weight is 356 g/mol. The summed E-state index contributed by atoms with van der Waals surface area (Å²) in [6, 6.07) is 2.10. The highest BCUT2D eigenvalue weighted by Gasteiger charge is 2.18. The van der Waals surface area contributed by atoms with Gasteiger partial charge in [-0.1, -0.05) is 0 Å². The van der Waals surface area contributed by atoms with Crippen molar-refractivity contribution in [2.75, 3.05) is 44.2 Å². The number of nitrogens with zero attached hydrogens (tertiary/aromatic N) is 3. The van der Waals surface area contributed by atoms with Gasteiger partial charge in [0.15, 0.2) is 0 Å². The largest absolute Gasteiger partial charge is 0.465 e. The van der Waals surface area contributed by atoms with E-state index < -0.39 is 0 Å². The van der Waals surface area contributed by atoms with Crippen LogP contribution in [0.1, 0.15) is 18.9 Å². The molecule has 0 aromatic carbocycles. The Morgan fingerprint density at radius 1 is 1.38 bits per heavy atom. The summed E-state index contributed by atoms with van der Waals surface area (Å²) in [5.74, 6) is 0.872. The molecule has 0 amide bonds. The van der Waals surface area contributed by atoms with Crippen LogP contribution in [0.15, 0.2) is 16.7 Å². The van der Waals surface area contributed by atoms with Crippen LogP contribution in [0.4, 0.5) is 5.82 Å². The van der Waals surface area contributed by atoms with Gasteiger partial charge in [-0.05, 0) is 47.8 Å². The number of aryl methyl sites for hydroxylation is 1. The van der Waals surface area contributed by atoms with E-state index >= 15 is 0 Å².